The molecule has 1 heterocycles. The van der Waals surface area contributed by atoms with Crippen LogP contribution >= 0.6 is 11.6 Å². The molecule has 0 spiro atoms. The zero-order valence-corrected chi connectivity index (χ0v) is 12.0. The van der Waals surface area contributed by atoms with Gasteiger partial charge in [0.1, 0.15) is 0 Å². The lowest BCUT2D eigenvalue weighted by atomic mass is 10.00. The Morgan fingerprint density at radius 2 is 1.95 bits per heavy atom. The second kappa shape index (κ2) is 6.56. The highest BCUT2D eigenvalue weighted by Crippen LogP contribution is 2.33. The normalized spacial score (nSPS) is 12.0. The van der Waals surface area contributed by atoms with Crippen LogP contribution in [0.25, 0.3) is 0 Å². The van der Waals surface area contributed by atoms with Crippen LogP contribution in [0.1, 0.15) is 17.2 Å². The minimum Gasteiger partial charge on any atom is -0.493 e. The molecule has 2 aromatic rings. The van der Waals surface area contributed by atoms with E-state index in [1.807, 2.05) is 24.3 Å². The maximum absolute atomic E-state index is 6.17. The molecule has 1 aromatic carbocycles. The summed E-state index contributed by atoms with van der Waals surface area (Å²) in [6, 6.07) is 7.16. The van der Waals surface area contributed by atoms with Gasteiger partial charge in [-0.2, -0.15) is 0 Å². The zero-order chi connectivity index (χ0) is 14.5. The van der Waals surface area contributed by atoms with Gasteiger partial charge in [-0.05, 0) is 29.3 Å². The molecule has 6 heteroatoms. The molecule has 1 atom stereocenters. The van der Waals surface area contributed by atoms with Crippen LogP contribution in [0.2, 0.25) is 5.02 Å². The van der Waals surface area contributed by atoms with Crippen LogP contribution < -0.4 is 20.7 Å². The number of ether oxygens (including phenoxy) is 2. The van der Waals surface area contributed by atoms with Crippen molar-refractivity contribution in [3.63, 3.8) is 0 Å². The number of benzene rings is 1. The molecule has 0 aliphatic heterocycles. The minimum atomic E-state index is -0.259. The highest BCUT2D eigenvalue weighted by Gasteiger charge is 2.17. The van der Waals surface area contributed by atoms with Crippen LogP contribution in [0.15, 0.2) is 36.7 Å². The maximum atomic E-state index is 6.17. The molecule has 20 heavy (non-hydrogen) atoms. The van der Waals surface area contributed by atoms with E-state index in [0.29, 0.717) is 16.5 Å². The third-order valence-electron chi connectivity index (χ3n) is 3.02. The lowest BCUT2D eigenvalue weighted by Crippen LogP contribution is -2.29. The molecule has 0 aliphatic carbocycles. The van der Waals surface area contributed by atoms with Gasteiger partial charge in [0, 0.05) is 12.4 Å². The zero-order valence-electron chi connectivity index (χ0n) is 11.3. The van der Waals surface area contributed by atoms with E-state index >= 15 is 0 Å². The number of methoxy groups -OCH3 is 2. The fourth-order valence-corrected chi connectivity index (χ4v) is 2.25. The first-order chi connectivity index (χ1) is 9.71. The van der Waals surface area contributed by atoms with E-state index < -0.39 is 0 Å². The summed E-state index contributed by atoms with van der Waals surface area (Å²) in [7, 11) is 3.18. The first-order valence-electron chi connectivity index (χ1n) is 5.98. The van der Waals surface area contributed by atoms with E-state index in [-0.39, 0.29) is 6.04 Å². The Labute approximate surface area is 122 Å². The summed E-state index contributed by atoms with van der Waals surface area (Å²) in [6.45, 7) is 0. The number of halogens is 1. The van der Waals surface area contributed by atoms with Gasteiger partial charge in [-0.15, -0.1) is 0 Å². The van der Waals surface area contributed by atoms with Crippen LogP contribution in [-0.2, 0) is 0 Å². The molecule has 0 aliphatic rings. The van der Waals surface area contributed by atoms with Crippen molar-refractivity contribution in [3.05, 3.63) is 52.8 Å². The number of nitrogens with two attached hydrogens (primary N) is 1. The number of nitrogens with zero attached hydrogens (tertiary/aromatic N) is 1. The summed E-state index contributed by atoms with van der Waals surface area (Å²) in [4.78, 5) is 3.97. The lowest BCUT2D eigenvalue weighted by Gasteiger charge is -2.19. The second-order valence-electron chi connectivity index (χ2n) is 4.11. The smallest absolute Gasteiger partial charge is 0.161 e. The van der Waals surface area contributed by atoms with Gasteiger partial charge in [0.25, 0.3) is 0 Å². The monoisotopic (exact) mass is 293 g/mol. The fourth-order valence-electron chi connectivity index (χ4n) is 2.02. The molecule has 0 bridgehead atoms. The number of nitrogens with one attached hydrogen (secondary N) is 1. The van der Waals surface area contributed by atoms with Crippen molar-refractivity contribution >= 4 is 11.6 Å². The van der Waals surface area contributed by atoms with Crippen molar-refractivity contribution in [1.82, 2.24) is 10.4 Å². The summed E-state index contributed by atoms with van der Waals surface area (Å²) in [5.41, 5.74) is 4.51. The molecule has 106 valence electrons. The highest BCUT2D eigenvalue weighted by atomic mass is 35.5. The SMILES string of the molecule is COc1ccc(C(NN)c2ccncc2Cl)cc1OC. The van der Waals surface area contributed by atoms with Gasteiger partial charge in [0.05, 0.1) is 25.3 Å². The molecule has 0 saturated heterocycles. The van der Waals surface area contributed by atoms with Crippen LogP contribution in [0.5, 0.6) is 11.5 Å². The molecule has 3 N–H and O–H groups in total. The first-order valence-corrected chi connectivity index (χ1v) is 6.36. The number of rotatable bonds is 5. The van der Waals surface area contributed by atoms with Crippen molar-refractivity contribution in [1.29, 1.82) is 0 Å². The average Bonchev–Trinajstić information content (AvgIpc) is 2.49. The average molecular weight is 294 g/mol. The van der Waals surface area contributed by atoms with Gasteiger partial charge >= 0.3 is 0 Å². The fraction of sp³-hybridized carbons (Fsp3) is 0.214. The number of hydrazine groups is 1. The van der Waals surface area contributed by atoms with Crippen molar-refractivity contribution in [2.75, 3.05) is 14.2 Å². The van der Waals surface area contributed by atoms with Gasteiger partial charge in [-0.25, -0.2) is 5.43 Å². The molecular weight excluding hydrogens is 278 g/mol. The Balaban J connectivity index is 2.45. The van der Waals surface area contributed by atoms with Crippen LogP contribution in [0.4, 0.5) is 0 Å². The third kappa shape index (κ3) is 2.85. The van der Waals surface area contributed by atoms with Gasteiger partial charge < -0.3 is 9.47 Å². The Kier molecular flexibility index (Phi) is 4.79. The summed E-state index contributed by atoms with van der Waals surface area (Å²) in [5.74, 6) is 6.96. The van der Waals surface area contributed by atoms with Crippen molar-refractivity contribution in [2.24, 2.45) is 5.84 Å². The summed E-state index contributed by atoms with van der Waals surface area (Å²) in [6.07, 6.45) is 3.26. The van der Waals surface area contributed by atoms with Gasteiger partial charge in [-0.3, -0.25) is 10.8 Å². The Bertz CT molecular complexity index is 592. The second-order valence-corrected chi connectivity index (χ2v) is 4.52. The lowest BCUT2D eigenvalue weighted by molar-refractivity contribution is 0.354. The summed E-state index contributed by atoms with van der Waals surface area (Å²) < 4.78 is 10.5. The van der Waals surface area contributed by atoms with Crippen molar-refractivity contribution in [2.45, 2.75) is 6.04 Å². The quantitative estimate of drug-likeness (QED) is 0.654. The van der Waals surface area contributed by atoms with Crippen LogP contribution in [0, 0.1) is 0 Å². The molecule has 1 aromatic heterocycles. The maximum Gasteiger partial charge on any atom is 0.161 e. The summed E-state index contributed by atoms with van der Waals surface area (Å²) in [5, 5.41) is 0.547. The molecule has 2 rings (SSSR count). The van der Waals surface area contributed by atoms with E-state index in [1.165, 1.54) is 0 Å². The molecule has 0 fully saturated rings. The topological polar surface area (TPSA) is 69.4 Å². The van der Waals surface area contributed by atoms with Gasteiger partial charge in [-0.1, -0.05) is 17.7 Å². The Hall–Kier alpha value is -1.82. The molecular formula is C14H16ClN3O2. The van der Waals surface area contributed by atoms with Crippen LogP contribution in [0.3, 0.4) is 0 Å². The van der Waals surface area contributed by atoms with Crippen LogP contribution in [-0.4, -0.2) is 19.2 Å². The molecule has 0 radical (unpaired) electrons. The van der Waals surface area contributed by atoms with Crippen molar-refractivity contribution in [3.8, 4) is 11.5 Å². The molecule has 1 unspecified atom stereocenters. The van der Waals surface area contributed by atoms with E-state index in [9.17, 15) is 0 Å². The van der Waals surface area contributed by atoms with Gasteiger partial charge in [0.15, 0.2) is 11.5 Å². The summed E-state index contributed by atoms with van der Waals surface area (Å²) >= 11 is 6.17. The molecule has 0 amide bonds. The van der Waals surface area contributed by atoms with E-state index in [1.54, 1.807) is 26.6 Å². The predicted molar refractivity (Wildman–Crippen MR) is 78.0 cm³/mol. The number of aromatic nitrogens is 1. The third-order valence-corrected chi connectivity index (χ3v) is 3.34. The number of hydrogen-bond acceptors (Lipinski definition) is 5. The van der Waals surface area contributed by atoms with E-state index in [0.717, 1.165) is 11.1 Å². The highest BCUT2D eigenvalue weighted by molar-refractivity contribution is 6.31. The molecule has 5 nitrogen and oxygen atoms in total. The standard InChI is InChI=1S/C14H16ClN3O2/c1-19-12-4-3-9(7-13(12)20-2)14(18-16)10-5-6-17-8-11(10)15/h3-8,14,18H,16H2,1-2H3. The van der Waals surface area contributed by atoms with E-state index in [2.05, 4.69) is 10.4 Å². The molecule has 0 saturated carbocycles. The predicted octanol–water partition coefficient (Wildman–Crippen LogP) is 2.30. The Morgan fingerprint density at radius 1 is 1.20 bits per heavy atom. The minimum absolute atomic E-state index is 0.259. The van der Waals surface area contributed by atoms with E-state index in [4.69, 9.17) is 26.9 Å². The van der Waals surface area contributed by atoms with Gasteiger partial charge in [0.2, 0.25) is 0 Å². The first kappa shape index (κ1) is 14.6. The Morgan fingerprint density at radius 3 is 2.55 bits per heavy atom. The number of pyridine rings is 1. The van der Waals surface area contributed by atoms with Crippen molar-refractivity contribution < 1.29 is 9.47 Å². The number of hydrogen-bond donors (Lipinski definition) is 2. The largest absolute Gasteiger partial charge is 0.493 e.